The molecule has 0 bridgehead atoms. The molecule has 0 fully saturated rings. The first-order valence-electron chi connectivity index (χ1n) is 8.14. The van der Waals surface area contributed by atoms with E-state index in [2.05, 4.69) is 10.1 Å². The van der Waals surface area contributed by atoms with Crippen molar-refractivity contribution in [3.05, 3.63) is 99.9 Å². The molecule has 0 N–H and O–H groups in total. The van der Waals surface area contributed by atoms with Crippen LogP contribution in [0.5, 0.6) is 0 Å². The van der Waals surface area contributed by atoms with Crippen LogP contribution in [0.1, 0.15) is 16.0 Å². The van der Waals surface area contributed by atoms with E-state index < -0.39 is 0 Å². The number of amidine groups is 1. The van der Waals surface area contributed by atoms with E-state index in [9.17, 15) is 4.79 Å². The van der Waals surface area contributed by atoms with Gasteiger partial charge in [-0.15, -0.1) is 11.3 Å². The van der Waals surface area contributed by atoms with E-state index in [1.54, 1.807) is 23.6 Å². The van der Waals surface area contributed by atoms with Gasteiger partial charge in [0, 0.05) is 10.4 Å². The lowest BCUT2D eigenvalue weighted by Gasteiger charge is -2.11. The minimum Gasteiger partial charge on any atom is -0.265 e. The molecule has 1 amide bonds. The number of nitrogens with zero attached hydrogens (tertiary/aromatic N) is 3. The largest absolute Gasteiger partial charge is 0.298 e. The zero-order valence-corrected chi connectivity index (χ0v) is 14.6. The van der Waals surface area contributed by atoms with Gasteiger partial charge in [-0.25, -0.2) is 4.99 Å². The third kappa shape index (κ3) is 3.38. The summed E-state index contributed by atoms with van der Waals surface area (Å²) in [5, 5.41) is 7.74. The third-order valence-corrected chi connectivity index (χ3v) is 4.63. The van der Waals surface area contributed by atoms with Crippen LogP contribution < -0.4 is 0 Å². The average Bonchev–Trinajstić information content (AvgIpc) is 3.31. The standard InChI is InChI=1S/C21H15N3OS/c25-21-19(14-18-12-7-13-26-18)23-20(17-10-5-2-6-11-17)24(21)22-15-16-8-3-1-4-9-16/h1-15H/b19-14-,22-15-. The van der Waals surface area contributed by atoms with Gasteiger partial charge in [-0.2, -0.15) is 10.1 Å². The molecular formula is C21H15N3OS. The van der Waals surface area contributed by atoms with Gasteiger partial charge in [0.05, 0.1) is 6.21 Å². The lowest BCUT2D eigenvalue weighted by molar-refractivity contribution is -0.122. The number of amides is 1. The van der Waals surface area contributed by atoms with Crippen molar-refractivity contribution >= 4 is 35.4 Å². The van der Waals surface area contributed by atoms with Crippen molar-refractivity contribution in [3.8, 4) is 0 Å². The van der Waals surface area contributed by atoms with Crippen molar-refractivity contribution < 1.29 is 4.79 Å². The lowest BCUT2D eigenvalue weighted by atomic mass is 10.2. The van der Waals surface area contributed by atoms with Gasteiger partial charge in [0.25, 0.3) is 5.91 Å². The Labute approximate surface area is 155 Å². The minimum absolute atomic E-state index is 0.232. The van der Waals surface area contributed by atoms with Crippen molar-refractivity contribution in [2.24, 2.45) is 10.1 Å². The van der Waals surface area contributed by atoms with Crippen LogP contribution >= 0.6 is 11.3 Å². The van der Waals surface area contributed by atoms with Crippen molar-refractivity contribution in [1.29, 1.82) is 0 Å². The first-order valence-corrected chi connectivity index (χ1v) is 9.02. The van der Waals surface area contributed by atoms with E-state index in [4.69, 9.17) is 0 Å². The average molecular weight is 357 g/mol. The highest BCUT2D eigenvalue weighted by Gasteiger charge is 2.31. The maximum absolute atomic E-state index is 12.9. The van der Waals surface area contributed by atoms with Crippen LogP contribution in [0.25, 0.3) is 6.08 Å². The lowest BCUT2D eigenvalue weighted by Crippen LogP contribution is -2.27. The summed E-state index contributed by atoms with van der Waals surface area (Å²) in [7, 11) is 0. The number of hydrazone groups is 1. The molecule has 0 radical (unpaired) electrons. The molecule has 4 rings (SSSR count). The highest BCUT2D eigenvalue weighted by atomic mass is 32.1. The van der Waals surface area contributed by atoms with Crippen LogP contribution in [0.15, 0.2) is 94.0 Å². The molecule has 0 saturated carbocycles. The summed E-state index contributed by atoms with van der Waals surface area (Å²) in [5.74, 6) is 0.301. The number of carbonyl (C=O) groups is 1. The molecule has 5 heteroatoms. The summed E-state index contributed by atoms with van der Waals surface area (Å²) in [5.41, 5.74) is 2.15. The molecule has 0 unspecified atom stereocenters. The zero-order valence-electron chi connectivity index (χ0n) is 13.8. The van der Waals surface area contributed by atoms with Gasteiger partial charge in [-0.3, -0.25) is 4.79 Å². The van der Waals surface area contributed by atoms with E-state index in [1.807, 2.05) is 78.2 Å². The predicted molar refractivity (Wildman–Crippen MR) is 106 cm³/mol. The summed E-state index contributed by atoms with van der Waals surface area (Å²) >= 11 is 1.57. The van der Waals surface area contributed by atoms with E-state index >= 15 is 0 Å². The van der Waals surface area contributed by atoms with Crippen molar-refractivity contribution in [1.82, 2.24) is 5.01 Å². The second-order valence-electron chi connectivity index (χ2n) is 5.62. The van der Waals surface area contributed by atoms with Gasteiger partial charge in [0.2, 0.25) is 0 Å². The quantitative estimate of drug-likeness (QED) is 0.504. The van der Waals surface area contributed by atoms with Crippen LogP contribution in [0.2, 0.25) is 0 Å². The van der Waals surface area contributed by atoms with E-state index in [1.165, 1.54) is 5.01 Å². The van der Waals surface area contributed by atoms with Crippen LogP contribution in [0.4, 0.5) is 0 Å². The number of benzene rings is 2. The van der Waals surface area contributed by atoms with Gasteiger partial charge in [-0.05, 0) is 23.1 Å². The Morgan fingerprint density at radius 2 is 1.65 bits per heavy atom. The summed E-state index contributed by atoms with van der Waals surface area (Å²) in [4.78, 5) is 18.4. The van der Waals surface area contributed by atoms with Gasteiger partial charge < -0.3 is 0 Å². The summed E-state index contributed by atoms with van der Waals surface area (Å²) in [6.07, 6.45) is 3.47. The molecule has 1 aliphatic rings. The molecular weight excluding hydrogens is 342 g/mol. The Morgan fingerprint density at radius 3 is 2.35 bits per heavy atom. The summed E-state index contributed by atoms with van der Waals surface area (Å²) in [6.45, 7) is 0. The molecule has 4 nitrogen and oxygen atoms in total. The van der Waals surface area contributed by atoms with E-state index in [0.717, 1.165) is 16.0 Å². The molecule has 126 valence electrons. The molecule has 0 atom stereocenters. The van der Waals surface area contributed by atoms with Crippen LogP contribution in [-0.4, -0.2) is 23.0 Å². The first-order chi connectivity index (χ1) is 12.8. The number of hydrogen-bond acceptors (Lipinski definition) is 4. The Balaban J connectivity index is 1.72. The number of rotatable bonds is 4. The third-order valence-electron chi connectivity index (χ3n) is 3.81. The van der Waals surface area contributed by atoms with Crippen LogP contribution in [-0.2, 0) is 4.79 Å². The summed E-state index contributed by atoms with van der Waals surface area (Å²) < 4.78 is 0. The second-order valence-corrected chi connectivity index (χ2v) is 6.60. The van der Waals surface area contributed by atoms with Gasteiger partial charge in [0.15, 0.2) is 5.84 Å². The van der Waals surface area contributed by atoms with E-state index in [0.29, 0.717) is 11.5 Å². The smallest absolute Gasteiger partial charge is 0.265 e. The predicted octanol–water partition coefficient (Wildman–Crippen LogP) is 4.41. The Kier molecular flexibility index (Phi) is 4.53. The molecule has 26 heavy (non-hydrogen) atoms. The SMILES string of the molecule is O=C1/C(=C/c2cccs2)N=C(c2ccccc2)N1/N=C\c1ccccc1. The number of hydrogen-bond donors (Lipinski definition) is 0. The normalized spacial score (nSPS) is 15.8. The Hall–Kier alpha value is -3.31. The molecule has 0 aliphatic carbocycles. The fourth-order valence-corrected chi connectivity index (χ4v) is 3.21. The Morgan fingerprint density at radius 1 is 0.923 bits per heavy atom. The summed E-state index contributed by atoms with van der Waals surface area (Å²) in [6, 6.07) is 23.2. The zero-order chi connectivity index (χ0) is 17.8. The monoisotopic (exact) mass is 357 g/mol. The molecule has 0 spiro atoms. The molecule has 2 aromatic carbocycles. The van der Waals surface area contributed by atoms with Crippen molar-refractivity contribution in [2.45, 2.75) is 0 Å². The van der Waals surface area contributed by atoms with Gasteiger partial charge in [-0.1, -0.05) is 66.7 Å². The molecule has 0 saturated heterocycles. The van der Waals surface area contributed by atoms with Crippen molar-refractivity contribution in [3.63, 3.8) is 0 Å². The number of aliphatic imine (C=N–C) groups is 1. The molecule has 2 heterocycles. The van der Waals surface area contributed by atoms with Gasteiger partial charge >= 0.3 is 0 Å². The fraction of sp³-hybridized carbons (Fsp3) is 0. The van der Waals surface area contributed by atoms with Crippen molar-refractivity contribution in [2.75, 3.05) is 0 Å². The number of thiophene rings is 1. The minimum atomic E-state index is -0.232. The van der Waals surface area contributed by atoms with Crippen LogP contribution in [0, 0.1) is 0 Å². The van der Waals surface area contributed by atoms with E-state index in [-0.39, 0.29) is 5.91 Å². The fourth-order valence-electron chi connectivity index (χ4n) is 2.56. The second kappa shape index (κ2) is 7.29. The molecule has 3 aromatic rings. The highest BCUT2D eigenvalue weighted by molar-refractivity contribution is 7.10. The van der Waals surface area contributed by atoms with Crippen LogP contribution in [0.3, 0.4) is 0 Å². The maximum Gasteiger partial charge on any atom is 0.298 e. The molecule has 1 aliphatic heterocycles. The Bertz CT molecular complexity index is 990. The topological polar surface area (TPSA) is 45.0 Å². The van der Waals surface area contributed by atoms with Gasteiger partial charge in [0.1, 0.15) is 5.70 Å². The molecule has 1 aromatic heterocycles. The maximum atomic E-state index is 12.9. The highest BCUT2D eigenvalue weighted by Crippen LogP contribution is 2.23. The first kappa shape index (κ1) is 16.2. The number of carbonyl (C=O) groups excluding carboxylic acids is 1.